The lowest BCUT2D eigenvalue weighted by molar-refractivity contribution is -0.115. The topological polar surface area (TPSA) is 54.9 Å². The molecule has 0 atom stereocenters. The Balaban J connectivity index is 2.33. The second-order valence-electron chi connectivity index (χ2n) is 5.00. The quantitative estimate of drug-likeness (QED) is 0.785. The minimum atomic E-state index is -0.0179. The van der Waals surface area contributed by atoms with Gasteiger partial charge in [-0.25, -0.2) is 9.97 Å². The van der Waals surface area contributed by atoms with Gasteiger partial charge in [0.2, 0.25) is 5.91 Å². The minimum absolute atomic E-state index is 0.0179. The zero-order valence-electron chi connectivity index (χ0n) is 11.2. The van der Waals surface area contributed by atoms with Gasteiger partial charge in [-0.15, -0.1) is 0 Å². The SMILES string of the molecule is Cc1ncc2c(n1)-c1cc(C)c(C)cc1NC(=O)C2. The maximum Gasteiger partial charge on any atom is 0.228 e. The molecule has 0 unspecified atom stereocenters. The molecule has 1 N–H and O–H groups in total. The van der Waals surface area contributed by atoms with E-state index in [2.05, 4.69) is 28.3 Å². The summed E-state index contributed by atoms with van der Waals surface area (Å²) in [4.78, 5) is 20.6. The van der Waals surface area contributed by atoms with E-state index in [9.17, 15) is 4.79 Å². The molecular formula is C15H15N3O. The summed E-state index contributed by atoms with van der Waals surface area (Å²) < 4.78 is 0. The maximum atomic E-state index is 11.9. The summed E-state index contributed by atoms with van der Waals surface area (Å²) in [6, 6.07) is 4.09. The number of carbonyl (C=O) groups is 1. The van der Waals surface area contributed by atoms with Crippen LogP contribution in [0.4, 0.5) is 5.69 Å². The lowest BCUT2D eigenvalue weighted by atomic mass is 10.00. The van der Waals surface area contributed by atoms with Crippen LogP contribution in [-0.4, -0.2) is 15.9 Å². The van der Waals surface area contributed by atoms with Crippen molar-refractivity contribution in [3.05, 3.63) is 40.8 Å². The predicted octanol–water partition coefficient (Wildman–Crippen LogP) is 2.56. The molecule has 3 rings (SSSR count). The first-order valence-electron chi connectivity index (χ1n) is 6.28. The zero-order chi connectivity index (χ0) is 13.6. The van der Waals surface area contributed by atoms with E-state index >= 15 is 0 Å². The summed E-state index contributed by atoms with van der Waals surface area (Å²) in [5.41, 5.74) is 5.92. The number of nitrogens with one attached hydrogen (secondary N) is 1. The van der Waals surface area contributed by atoms with Crippen molar-refractivity contribution >= 4 is 11.6 Å². The van der Waals surface area contributed by atoms with Crippen LogP contribution in [0.3, 0.4) is 0 Å². The van der Waals surface area contributed by atoms with E-state index in [4.69, 9.17) is 0 Å². The van der Waals surface area contributed by atoms with E-state index in [-0.39, 0.29) is 5.91 Å². The van der Waals surface area contributed by atoms with Crippen LogP contribution < -0.4 is 5.32 Å². The molecule has 0 saturated heterocycles. The molecule has 2 aromatic rings. The molecule has 0 radical (unpaired) electrons. The van der Waals surface area contributed by atoms with E-state index in [1.807, 2.05) is 19.9 Å². The number of benzene rings is 1. The maximum absolute atomic E-state index is 11.9. The van der Waals surface area contributed by atoms with Gasteiger partial charge in [0.05, 0.1) is 17.8 Å². The standard InChI is InChI=1S/C15H15N3O/c1-8-4-12-13(5-9(8)2)18-14(19)6-11-7-16-10(3)17-15(11)12/h4-5,7H,6H2,1-3H3,(H,18,19). The first-order valence-corrected chi connectivity index (χ1v) is 6.28. The number of aryl methyl sites for hydroxylation is 3. The normalized spacial score (nSPS) is 13.3. The summed E-state index contributed by atoms with van der Waals surface area (Å²) in [5, 5.41) is 2.95. The molecule has 1 aromatic carbocycles. The van der Waals surface area contributed by atoms with Crippen LogP contribution in [0.2, 0.25) is 0 Å². The summed E-state index contributed by atoms with van der Waals surface area (Å²) in [6.07, 6.45) is 2.07. The van der Waals surface area contributed by atoms with Crippen molar-refractivity contribution in [3.63, 3.8) is 0 Å². The summed E-state index contributed by atoms with van der Waals surface area (Å²) >= 11 is 0. The van der Waals surface area contributed by atoms with Gasteiger partial charge < -0.3 is 5.32 Å². The number of anilines is 1. The molecular weight excluding hydrogens is 238 g/mol. The van der Waals surface area contributed by atoms with Crippen LogP contribution in [0.1, 0.15) is 22.5 Å². The summed E-state index contributed by atoms with van der Waals surface area (Å²) in [5.74, 6) is 0.702. The molecule has 0 aliphatic carbocycles. The summed E-state index contributed by atoms with van der Waals surface area (Å²) in [7, 11) is 0. The van der Waals surface area contributed by atoms with Crippen LogP contribution in [0, 0.1) is 20.8 Å². The van der Waals surface area contributed by atoms with Crippen LogP contribution in [0.5, 0.6) is 0 Å². The molecule has 2 heterocycles. The van der Waals surface area contributed by atoms with Gasteiger partial charge in [0.1, 0.15) is 5.82 Å². The van der Waals surface area contributed by atoms with Crippen LogP contribution in [0.15, 0.2) is 18.3 Å². The molecule has 1 aromatic heterocycles. The number of aromatic nitrogens is 2. The average molecular weight is 253 g/mol. The molecule has 4 heteroatoms. The molecule has 19 heavy (non-hydrogen) atoms. The number of nitrogens with zero attached hydrogens (tertiary/aromatic N) is 2. The first-order chi connectivity index (χ1) is 9.04. The number of rotatable bonds is 0. The van der Waals surface area contributed by atoms with Crippen molar-refractivity contribution in [1.82, 2.24) is 9.97 Å². The number of hydrogen-bond acceptors (Lipinski definition) is 3. The highest BCUT2D eigenvalue weighted by molar-refractivity contribution is 6.00. The van der Waals surface area contributed by atoms with Crippen molar-refractivity contribution in [1.29, 1.82) is 0 Å². The van der Waals surface area contributed by atoms with Gasteiger partial charge in [0.15, 0.2) is 0 Å². The molecule has 0 fully saturated rings. The Kier molecular flexibility index (Phi) is 2.59. The molecule has 4 nitrogen and oxygen atoms in total. The minimum Gasteiger partial charge on any atom is -0.325 e. The highest BCUT2D eigenvalue weighted by Gasteiger charge is 2.21. The van der Waals surface area contributed by atoms with Gasteiger partial charge in [0.25, 0.3) is 0 Å². The van der Waals surface area contributed by atoms with Gasteiger partial charge in [0, 0.05) is 17.3 Å². The molecule has 0 bridgehead atoms. The van der Waals surface area contributed by atoms with E-state index in [1.54, 1.807) is 6.20 Å². The third-order valence-corrected chi connectivity index (χ3v) is 3.50. The van der Waals surface area contributed by atoms with Crippen molar-refractivity contribution < 1.29 is 4.79 Å². The zero-order valence-corrected chi connectivity index (χ0v) is 11.2. The molecule has 1 aliphatic rings. The Labute approximate surface area is 111 Å². The van der Waals surface area contributed by atoms with Crippen LogP contribution in [-0.2, 0) is 11.2 Å². The van der Waals surface area contributed by atoms with E-state index < -0.39 is 0 Å². The Hall–Kier alpha value is -2.23. The van der Waals surface area contributed by atoms with Crippen LogP contribution in [0.25, 0.3) is 11.3 Å². The Bertz CT molecular complexity index is 692. The highest BCUT2D eigenvalue weighted by Crippen LogP contribution is 2.34. The Morgan fingerprint density at radius 1 is 1.16 bits per heavy atom. The first kappa shape index (κ1) is 11.8. The third-order valence-electron chi connectivity index (χ3n) is 3.50. The number of carbonyl (C=O) groups excluding carboxylic acids is 1. The lowest BCUT2D eigenvalue weighted by Crippen LogP contribution is -2.12. The monoisotopic (exact) mass is 253 g/mol. The van der Waals surface area contributed by atoms with Gasteiger partial charge >= 0.3 is 0 Å². The van der Waals surface area contributed by atoms with Gasteiger partial charge in [-0.3, -0.25) is 4.79 Å². The molecule has 1 aliphatic heterocycles. The fourth-order valence-electron chi connectivity index (χ4n) is 2.34. The lowest BCUT2D eigenvalue weighted by Gasteiger charge is -2.11. The van der Waals surface area contributed by atoms with Crippen LogP contribution >= 0.6 is 0 Å². The summed E-state index contributed by atoms with van der Waals surface area (Å²) in [6.45, 7) is 5.97. The third kappa shape index (κ3) is 1.99. The Morgan fingerprint density at radius 2 is 1.89 bits per heavy atom. The Morgan fingerprint density at radius 3 is 2.68 bits per heavy atom. The fourth-order valence-corrected chi connectivity index (χ4v) is 2.34. The van der Waals surface area contributed by atoms with Gasteiger partial charge in [-0.1, -0.05) is 0 Å². The molecule has 1 amide bonds. The van der Waals surface area contributed by atoms with Crippen molar-refractivity contribution in [2.45, 2.75) is 27.2 Å². The molecule has 0 saturated carbocycles. The number of hydrogen-bond donors (Lipinski definition) is 1. The molecule has 0 spiro atoms. The predicted molar refractivity (Wildman–Crippen MR) is 74.0 cm³/mol. The van der Waals surface area contributed by atoms with E-state index in [1.165, 1.54) is 5.56 Å². The van der Waals surface area contributed by atoms with E-state index in [0.717, 1.165) is 33.9 Å². The largest absolute Gasteiger partial charge is 0.325 e. The number of fused-ring (bicyclic) bond motifs is 3. The highest BCUT2D eigenvalue weighted by atomic mass is 16.1. The van der Waals surface area contributed by atoms with E-state index in [0.29, 0.717) is 6.42 Å². The van der Waals surface area contributed by atoms with Crippen molar-refractivity contribution in [2.24, 2.45) is 0 Å². The second kappa shape index (κ2) is 4.16. The van der Waals surface area contributed by atoms with Gasteiger partial charge in [-0.2, -0.15) is 0 Å². The second-order valence-corrected chi connectivity index (χ2v) is 5.00. The van der Waals surface area contributed by atoms with Crippen molar-refractivity contribution in [2.75, 3.05) is 5.32 Å². The van der Waals surface area contributed by atoms with Gasteiger partial charge in [-0.05, 0) is 44.0 Å². The smallest absolute Gasteiger partial charge is 0.228 e. The average Bonchev–Trinajstić information content (AvgIpc) is 2.47. The van der Waals surface area contributed by atoms with Crippen molar-refractivity contribution in [3.8, 4) is 11.3 Å². The number of amides is 1. The molecule has 96 valence electrons. The fraction of sp³-hybridized carbons (Fsp3) is 0.267.